The normalized spacial score (nSPS) is 20.8. The highest BCUT2D eigenvalue weighted by Gasteiger charge is 2.27. The number of H-pyrrole nitrogens is 1. The van der Waals surface area contributed by atoms with E-state index < -0.39 is 11.8 Å². The second-order valence-corrected chi connectivity index (χ2v) is 6.50. The van der Waals surface area contributed by atoms with E-state index in [1.807, 2.05) is 18.2 Å². The number of hydrogen-bond acceptors (Lipinski definition) is 3. The number of hydrogen-bond donors (Lipinski definition) is 3. The molecule has 24 heavy (non-hydrogen) atoms. The fraction of sp³-hybridized carbons (Fsp3) is 0.444. The summed E-state index contributed by atoms with van der Waals surface area (Å²) in [4.78, 5) is 29.1. The number of anilines is 1. The lowest BCUT2D eigenvalue weighted by Crippen LogP contribution is -2.42. The number of aromatic amines is 1. The summed E-state index contributed by atoms with van der Waals surface area (Å²) in [6, 6.07) is 7.36. The van der Waals surface area contributed by atoms with E-state index >= 15 is 0 Å². The van der Waals surface area contributed by atoms with Crippen LogP contribution >= 0.6 is 0 Å². The Morgan fingerprint density at radius 1 is 1.29 bits per heavy atom. The highest BCUT2D eigenvalue weighted by molar-refractivity contribution is 6.40. The summed E-state index contributed by atoms with van der Waals surface area (Å²) < 4.78 is 0. The smallest absolute Gasteiger partial charge is 0.313 e. The molecule has 128 valence electrons. The summed E-state index contributed by atoms with van der Waals surface area (Å²) in [5.41, 5.74) is 1.51. The van der Waals surface area contributed by atoms with Crippen molar-refractivity contribution in [2.24, 2.45) is 5.92 Å². The van der Waals surface area contributed by atoms with E-state index in [-0.39, 0.29) is 12.0 Å². The van der Waals surface area contributed by atoms with Crippen molar-refractivity contribution in [2.45, 2.75) is 31.8 Å². The number of likely N-dealkylation sites (N-methyl/N-ethyl adjacent to an activating group) is 1. The summed E-state index contributed by atoms with van der Waals surface area (Å²) in [5.74, 6) is -1.19. The van der Waals surface area contributed by atoms with Crippen molar-refractivity contribution in [2.75, 3.05) is 18.9 Å². The van der Waals surface area contributed by atoms with Gasteiger partial charge < -0.3 is 20.3 Å². The molecule has 0 aliphatic heterocycles. The number of benzene rings is 1. The molecule has 3 rings (SSSR count). The maximum atomic E-state index is 12.3. The molecule has 2 atom stereocenters. The van der Waals surface area contributed by atoms with E-state index in [4.69, 9.17) is 0 Å². The highest BCUT2D eigenvalue weighted by atomic mass is 16.3. The van der Waals surface area contributed by atoms with Gasteiger partial charge in [0.05, 0.1) is 11.8 Å². The zero-order valence-corrected chi connectivity index (χ0v) is 13.8. The Kier molecular flexibility index (Phi) is 4.85. The minimum atomic E-state index is -0.656. The molecule has 0 saturated heterocycles. The third-order valence-corrected chi connectivity index (χ3v) is 4.76. The van der Waals surface area contributed by atoms with Gasteiger partial charge in [-0.2, -0.15) is 0 Å². The van der Waals surface area contributed by atoms with Crippen molar-refractivity contribution in [1.29, 1.82) is 0 Å². The van der Waals surface area contributed by atoms with Gasteiger partial charge in [0.1, 0.15) is 0 Å². The lowest BCUT2D eigenvalue weighted by Gasteiger charge is -2.30. The number of fused-ring (bicyclic) bond motifs is 1. The molecule has 0 radical (unpaired) electrons. The first-order chi connectivity index (χ1) is 11.6. The summed E-state index contributed by atoms with van der Waals surface area (Å²) in [5, 5.41) is 13.6. The van der Waals surface area contributed by atoms with Gasteiger partial charge in [0.15, 0.2) is 0 Å². The van der Waals surface area contributed by atoms with Crippen LogP contribution in [0.2, 0.25) is 0 Å². The molecule has 2 amide bonds. The molecule has 0 bridgehead atoms. The van der Waals surface area contributed by atoms with Gasteiger partial charge in [-0.1, -0.05) is 18.9 Å². The molecule has 6 nitrogen and oxygen atoms in total. The van der Waals surface area contributed by atoms with Gasteiger partial charge in [-0.25, -0.2) is 0 Å². The minimum absolute atomic E-state index is 0.0496. The van der Waals surface area contributed by atoms with Crippen LogP contribution in [0.15, 0.2) is 30.5 Å². The maximum Gasteiger partial charge on any atom is 0.313 e. The van der Waals surface area contributed by atoms with Crippen LogP contribution in [0, 0.1) is 5.92 Å². The molecule has 1 saturated carbocycles. The van der Waals surface area contributed by atoms with Gasteiger partial charge in [-0.15, -0.1) is 0 Å². The van der Waals surface area contributed by atoms with Crippen molar-refractivity contribution in [3.63, 3.8) is 0 Å². The molecule has 1 aliphatic carbocycles. The SMILES string of the molecule is CN(CC1CCCCC1O)C(=O)C(=O)Nc1cccc2[nH]ccc12. The fourth-order valence-corrected chi connectivity index (χ4v) is 3.38. The Morgan fingerprint density at radius 2 is 2.08 bits per heavy atom. The third-order valence-electron chi connectivity index (χ3n) is 4.76. The summed E-state index contributed by atoms with van der Waals surface area (Å²) in [6.45, 7) is 0.405. The summed E-state index contributed by atoms with van der Waals surface area (Å²) >= 11 is 0. The molecule has 2 aromatic rings. The predicted octanol–water partition coefficient (Wildman–Crippen LogP) is 2.12. The first-order valence-electron chi connectivity index (χ1n) is 8.37. The van der Waals surface area contributed by atoms with E-state index in [1.54, 1.807) is 19.3 Å². The van der Waals surface area contributed by atoms with Crippen molar-refractivity contribution in [3.8, 4) is 0 Å². The van der Waals surface area contributed by atoms with Gasteiger partial charge in [0.25, 0.3) is 0 Å². The Morgan fingerprint density at radius 3 is 2.88 bits per heavy atom. The number of amides is 2. The monoisotopic (exact) mass is 329 g/mol. The van der Waals surface area contributed by atoms with Crippen molar-refractivity contribution >= 4 is 28.4 Å². The van der Waals surface area contributed by atoms with Crippen LogP contribution in [0.1, 0.15) is 25.7 Å². The number of nitrogens with zero attached hydrogens (tertiary/aromatic N) is 1. The van der Waals surface area contributed by atoms with Crippen LogP contribution in [0.4, 0.5) is 5.69 Å². The maximum absolute atomic E-state index is 12.3. The Bertz CT molecular complexity index is 740. The van der Waals surface area contributed by atoms with E-state index in [0.29, 0.717) is 12.2 Å². The molecule has 0 spiro atoms. The third kappa shape index (κ3) is 3.43. The minimum Gasteiger partial charge on any atom is -0.393 e. The molecule has 1 aromatic carbocycles. The molecule has 1 aliphatic rings. The molecular weight excluding hydrogens is 306 g/mol. The highest BCUT2D eigenvalue weighted by Crippen LogP contribution is 2.25. The molecule has 6 heteroatoms. The van der Waals surface area contributed by atoms with Crippen LogP contribution in [0.25, 0.3) is 10.9 Å². The second-order valence-electron chi connectivity index (χ2n) is 6.50. The number of aromatic nitrogens is 1. The molecule has 1 fully saturated rings. The molecule has 1 aromatic heterocycles. The fourth-order valence-electron chi connectivity index (χ4n) is 3.38. The van der Waals surface area contributed by atoms with Crippen molar-refractivity contribution in [3.05, 3.63) is 30.5 Å². The second kappa shape index (κ2) is 7.05. The van der Waals surface area contributed by atoms with E-state index in [9.17, 15) is 14.7 Å². The molecule has 1 heterocycles. The topological polar surface area (TPSA) is 85.4 Å². The Balaban J connectivity index is 1.63. The lowest BCUT2D eigenvalue weighted by atomic mass is 9.86. The average molecular weight is 329 g/mol. The number of carbonyl (C=O) groups excluding carboxylic acids is 2. The summed E-state index contributed by atoms with van der Waals surface area (Å²) in [7, 11) is 1.61. The van der Waals surface area contributed by atoms with Crippen LogP contribution < -0.4 is 5.32 Å². The van der Waals surface area contributed by atoms with E-state index in [1.165, 1.54) is 4.90 Å². The van der Waals surface area contributed by atoms with Gasteiger partial charge in [0, 0.05) is 36.6 Å². The van der Waals surface area contributed by atoms with Gasteiger partial charge in [-0.3, -0.25) is 9.59 Å². The largest absolute Gasteiger partial charge is 0.393 e. The molecule has 3 N–H and O–H groups in total. The van der Waals surface area contributed by atoms with E-state index in [0.717, 1.165) is 36.6 Å². The zero-order chi connectivity index (χ0) is 17.1. The number of aliphatic hydroxyl groups is 1. The number of aliphatic hydroxyl groups excluding tert-OH is 1. The predicted molar refractivity (Wildman–Crippen MR) is 92.5 cm³/mol. The first-order valence-corrected chi connectivity index (χ1v) is 8.37. The number of nitrogens with one attached hydrogen (secondary N) is 2. The lowest BCUT2D eigenvalue weighted by molar-refractivity contribution is -0.143. The van der Waals surface area contributed by atoms with Crippen molar-refractivity contribution in [1.82, 2.24) is 9.88 Å². The number of carbonyl (C=O) groups is 2. The summed E-state index contributed by atoms with van der Waals surface area (Å²) in [6.07, 6.45) is 5.16. The Labute approximate surface area is 140 Å². The van der Waals surface area contributed by atoms with Crippen LogP contribution in [-0.4, -0.2) is 46.5 Å². The zero-order valence-electron chi connectivity index (χ0n) is 13.8. The Hall–Kier alpha value is -2.34. The van der Waals surface area contributed by atoms with Gasteiger partial charge in [-0.05, 0) is 31.0 Å². The van der Waals surface area contributed by atoms with Gasteiger partial charge >= 0.3 is 11.8 Å². The van der Waals surface area contributed by atoms with Crippen LogP contribution in [0.5, 0.6) is 0 Å². The number of rotatable bonds is 3. The standard InChI is InChI=1S/C18H23N3O3/c1-21(11-12-5-2-3-8-16(12)22)18(24)17(23)20-15-7-4-6-14-13(15)9-10-19-14/h4,6-7,9-10,12,16,19,22H,2-3,5,8,11H2,1H3,(H,20,23). The van der Waals surface area contributed by atoms with Crippen molar-refractivity contribution < 1.29 is 14.7 Å². The average Bonchev–Trinajstić information content (AvgIpc) is 3.06. The van der Waals surface area contributed by atoms with E-state index in [2.05, 4.69) is 10.3 Å². The van der Waals surface area contributed by atoms with Crippen LogP contribution in [-0.2, 0) is 9.59 Å². The van der Waals surface area contributed by atoms with Gasteiger partial charge in [0.2, 0.25) is 0 Å². The first kappa shape index (κ1) is 16.5. The quantitative estimate of drug-likeness (QED) is 0.754. The molecule has 2 unspecified atom stereocenters. The molecular formula is C18H23N3O3. The van der Waals surface area contributed by atoms with Crippen LogP contribution in [0.3, 0.4) is 0 Å².